The van der Waals surface area contributed by atoms with Crippen molar-refractivity contribution in [3.63, 3.8) is 0 Å². The number of esters is 1. The van der Waals surface area contributed by atoms with E-state index in [0.29, 0.717) is 25.1 Å². The minimum absolute atomic E-state index is 0.204. The van der Waals surface area contributed by atoms with Crippen molar-refractivity contribution in [3.8, 4) is 0 Å². The van der Waals surface area contributed by atoms with Gasteiger partial charge in [0.15, 0.2) is 0 Å². The molecule has 1 aliphatic heterocycles. The molecule has 0 spiro atoms. The number of β-lactam (4-membered cyclic amide) rings is 1. The van der Waals surface area contributed by atoms with Crippen molar-refractivity contribution in [1.82, 2.24) is 4.90 Å². The second-order valence-electron chi connectivity index (χ2n) is 6.20. The average Bonchev–Trinajstić information content (AvgIpc) is 2.59. The summed E-state index contributed by atoms with van der Waals surface area (Å²) in [5.41, 5.74) is 1.19. The summed E-state index contributed by atoms with van der Waals surface area (Å²) in [5, 5.41) is -0.204. The van der Waals surface area contributed by atoms with E-state index in [0.717, 1.165) is 24.6 Å². The highest BCUT2D eigenvalue weighted by molar-refractivity contribution is 8.13. The molecule has 0 aromatic heterocycles. The SMILES string of the molecule is CCCSC(=O)N1C[C@@H]([C@@H](C)OC(=O)CCCc2ccccc2)C1=O. The molecule has 0 unspecified atom stereocenters. The number of nitrogens with zero attached hydrogens (tertiary/aromatic N) is 1. The van der Waals surface area contributed by atoms with Crippen LogP contribution in [0.1, 0.15) is 38.7 Å². The topological polar surface area (TPSA) is 63.7 Å². The number of ether oxygens (including phenoxy) is 1. The highest BCUT2D eigenvalue weighted by Crippen LogP contribution is 2.27. The summed E-state index contributed by atoms with van der Waals surface area (Å²) >= 11 is 1.16. The molecule has 6 heteroatoms. The lowest BCUT2D eigenvalue weighted by Gasteiger charge is -2.38. The van der Waals surface area contributed by atoms with Crippen LogP contribution in [0.25, 0.3) is 0 Å². The molecule has 2 rings (SSSR count). The lowest BCUT2D eigenvalue weighted by Crippen LogP contribution is -2.58. The van der Waals surface area contributed by atoms with E-state index in [1.165, 1.54) is 10.5 Å². The molecule has 1 fully saturated rings. The largest absolute Gasteiger partial charge is 0.462 e. The minimum atomic E-state index is -0.489. The van der Waals surface area contributed by atoms with Crippen molar-refractivity contribution in [2.75, 3.05) is 12.3 Å². The van der Waals surface area contributed by atoms with Crippen molar-refractivity contribution in [3.05, 3.63) is 35.9 Å². The molecule has 2 amide bonds. The van der Waals surface area contributed by atoms with Crippen molar-refractivity contribution >= 4 is 28.9 Å². The number of carbonyl (C=O) groups is 3. The molecule has 0 bridgehead atoms. The summed E-state index contributed by atoms with van der Waals surface area (Å²) in [7, 11) is 0. The van der Waals surface area contributed by atoms with Gasteiger partial charge in [-0.2, -0.15) is 0 Å². The van der Waals surface area contributed by atoms with E-state index in [1.807, 2.05) is 37.3 Å². The summed E-state index contributed by atoms with van der Waals surface area (Å²) in [6, 6.07) is 9.98. The van der Waals surface area contributed by atoms with Crippen LogP contribution in [-0.4, -0.2) is 40.4 Å². The molecule has 1 aromatic carbocycles. The van der Waals surface area contributed by atoms with E-state index in [9.17, 15) is 14.4 Å². The fourth-order valence-corrected chi connectivity index (χ4v) is 3.36. The number of benzene rings is 1. The Balaban J connectivity index is 1.68. The van der Waals surface area contributed by atoms with Gasteiger partial charge in [-0.3, -0.25) is 19.3 Å². The first-order valence-electron chi connectivity index (χ1n) is 8.74. The van der Waals surface area contributed by atoms with Gasteiger partial charge in [0, 0.05) is 18.7 Å². The van der Waals surface area contributed by atoms with Crippen molar-refractivity contribution in [1.29, 1.82) is 0 Å². The van der Waals surface area contributed by atoms with Crippen molar-refractivity contribution < 1.29 is 19.1 Å². The molecule has 1 aromatic rings. The summed E-state index contributed by atoms with van der Waals surface area (Å²) in [6.45, 7) is 4.05. The molecule has 1 heterocycles. The van der Waals surface area contributed by atoms with Gasteiger partial charge in [0.2, 0.25) is 5.91 Å². The third-order valence-corrected chi connectivity index (χ3v) is 5.27. The molecule has 0 aliphatic carbocycles. The Morgan fingerprint density at radius 1 is 1.32 bits per heavy atom. The van der Waals surface area contributed by atoms with Gasteiger partial charge in [0.25, 0.3) is 5.24 Å². The lowest BCUT2D eigenvalue weighted by atomic mass is 9.94. The first-order valence-corrected chi connectivity index (χ1v) is 9.73. The monoisotopic (exact) mass is 363 g/mol. The standard InChI is InChI=1S/C19H25NO4S/c1-3-12-25-19(23)20-13-16(18(20)22)14(2)24-17(21)11-7-10-15-8-5-4-6-9-15/h4-6,8-9,14,16H,3,7,10-13H2,1-2H3/t14-,16+/m1/s1. The summed E-state index contributed by atoms with van der Waals surface area (Å²) in [6.07, 6.45) is 2.27. The smallest absolute Gasteiger partial charge is 0.306 e. The Morgan fingerprint density at radius 2 is 2.04 bits per heavy atom. The van der Waals surface area contributed by atoms with Gasteiger partial charge in [-0.1, -0.05) is 49.0 Å². The second-order valence-corrected chi connectivity index (χ2v) is 7.25. The number of likely N-dealkylation sites (tertiary alicyclic amines) is 1. The highest BCUT2D eigenvalue weighted by Gasteiger charge is 2.45. The van der Waals surface area contributed by atoms with Crippen LogP contribution < -0.4 is 0 Å². The highest BCUT2D eigenvalue weighted by atomic mass is 32.2. The van der Waals surface area contributed by atoms with Crippen LogP contribution in [-0.2, 0) is 20.7 Å². The number of hydrogen-bond acceptors (Lipinski definition) is 5. The van der Waals surface area contributed by atoms with Gasteiger partial charge in [0.1, 0.15) is 6.10 Å². The predicted octanol–water partition coefficient (Wildman–Crippen LogP) is 3.66. The molecule has 136 valence electrons. The molecular formula is C19H25NO4S. The van der Waals surface area contributed by atoms with Crippen LogP contribution in [0.3, 0.4) is 0 Å². The first-order chi connectivity index (χ1) is 12.0. The normalized spacial score (nSPS) is 17.8. The van der Waals surface area contributed by atoms with Gasteiger partial charge >= 0.3 is 5.97 Å². The molecular weight excluding hydrogens is 338 g/mol. The van der Waals surface area contributed by atoms with Crippen LogP contribution in [0.15, 0.2) is 30.3 Å². The maximum absolute atomic E-state index is 12.1. The Kier molecular flexibility index (Phi) is 7.50. The number of carbonyl (C=O) groups excluding carboxylic acids is 3. The Morgan fingerprint density at radius 3 is 2.68 bits per heavy atom. The number of hydrogen-bond donors (Lipinski definition) is 0. The first kappa shape index (κ1) is 19.5. The summed E-state index contributed by atoms with van der Waals surface area (Å²) in [4.78, 5) is 37.1. The van der Waals surface area contributed by atoms with Gasteiger partial charge in [0.05, 0.1) is 5.92 Å². The van der Waals surface area contributed by atoms with E-state index < -0.39 is 12.0 Å². The Hall–Kier alpha value is -1.82. The number of aryl methyl sites for hydroxylation is 1. The third kappa shape index (κ3) is 5.59. The van der Waals surface area contributed by atoms with Crippen molar-refractivity contribution in [2.24, 2.45) is 5.92 Å². The molecule has 0 N–H and O–H groups in total. The van der Waals surface area contributed by atoms with E-state index >= 15 is 0 Å². The van der Waals surface area contributed by atoms with Gasteiger partial charge in [-0.15, -0.1) is 0 Å². The van der Waals surface area contributed by atoms with Crippen LogP contribution >= 0.6 is 11.8 Å². The molecule has 1 aliphatic rings. The third-order valence-electron chi connectivity index (χ3n) is 4.19. The molecule has 1 saturated heterocycles. The zero-order chi connectivity index (χ0) is 18.2. The maximum atomic E-state index is 12.1. The quantitative estimate of drug-likeness (QED) is 0.521. The molecule has 0 saturated carbocycles. The van der Waals surface area contributed by atoms with Gasteiger partial charge < -0.3 is 4.74 Å². The van der Waals surface area contributed by atoms with Crippen LogP contribution in [0.2, 0.25) is 0 Å². The van der Waals surface area contributed by atoms with Gasteiger partial charge in [-0.05, 0) is 31.7 Å². The number of imide groups is 1. The second kappa shape index (κ2) is 9.61. The summed E-state index contributed by atoms with van der Waals surface area (Å²) in [5.74, 6) is -0.219. The molecule has 25 heavy (non-hydrogen) atoms. The fourth-order valence-electron chi connectivity index (χ4n) is 2.66. The lowest BCUT2D eigenvalue weighted by molar-refractivity contribution is -0.161. The molecule has 5 nitrogen and oxygen atoms in total. The number of amides is 2. The van der Waals surface area contributed by atoms with Gasteiger partial charge in [-0.25, -0.2) is 0 Å². The maximum Gasteiger partial charge on any atom is 0.306 e. The number of rotatable bonds is 8. The fraction of sp³-hybridized carbons (Fsp3) is 0.526. The van der Waals surface area contributed by atoms with E-state index in [2.05, 4.69) is 0 Å². The number of thioether (sulfide) groups is 1. The van der Waals surface area contributed by atoms with Crippen LogP contribution in [0, 0.1) is 5.92 Å². The van der Waals surface area contributed by atoms with Crippen LogP contribution in [0.5, 0.6) is 0 Å². The van der Waals surface area contributed by atoms with E-state index in [1.54, 1.807) is 6.92 Å². The van der Waals surface area contributed by atoms with E-state index in [-0.39, 0.29) is 17.1 Å². The zero-order valence-electron chi connectivity index (χ0n) is 14.8. The molecule has 2 atom stereocenters. The predicted molar refractivity (Wildman–Crippen MR) is 98.3 cm³/mol. The molecule has 0 radical (unpaired) electrons. The minimum Gasteiger partial charge on any atom is -0.462 e. The van der Waals surface area contributed by atoms with E-state index in [4.69, 9.17) is 4.74 Å². The van der Waals surface area contributed by atoms with Crippen LogP contribution in [0.4, 0.5) is 4.79 Å². The summed E-state index contributed by atoms with van der Waals surface area (Å²) < 4.78 is 5.37. The average molecular weight is 363 g/mol. The Labute approximate surface area is 153 Å². The van der Waals surface area contributed by atoms with Crippen molar-refractivity contribution in [2.45, 2.75) is 45.6 Å². The zero-order valence-corrected chi connectivity index (χ0v) is 15.6. The Bertz CT molecular complexity index is 605.